The molecule has 1 aliphatic heterocycles. The van der Waals surface area contributed by atoms with Crippen molar-refractivity contribution in [2.45, 2.75) is 38.7 Å². The number of nitrogens with one attached hydrogen (secondary N) is 3. The van der Waals surface area contributed by atoms with Crippen molar-refractivity contribution in [3.63, 3.8) is 0 Å². The zero-order valence-electron chi connectivity index (χ0n) is 29.4. The second kappa shape index (κ2) is 17.0. The van der Waals surface area contributed by atoms with E-state index in [1.807, 2.05) is 0 Å². The summed E-state index contributed by atoms with van der Waals surface area (Å²) in [4.78, 5) is 77.5. The molecule has 284 valence electrons. The fourth-order valence-corrected chi connectivity index (χ4v) is 5.57. The van der Waals surface area contributed by atoms with Crippen LogP contribution in [-0.4, -0.2) is 84.7 Å². The van der Waals surface area contributed by atoms with Crippen LogP contribution in [0.4, 0.5) is 24.5 Å². The molecule has 0 radical (unpaired) electrons. The van der Waals surface area contributed by atoms with Crippen LogP contribution in [0.5, 0.6) is 5.75 Å². The number of aliphatic carboxylic acids is 1. The predicted octanol–water partition coefficient (Wildman–Crippen LogP) is 4.09. The molecule has 4 aromatic rings. The number of methoxy groups -OCH3 is 1. The van der Waals surface area contributed by atoms with Gasteiger partial charge in [0.05, 0.1) is 37.6 Å². The molecular weight excluding hydrogens is 715 g/mol. The van der Waals surface area contributed by atoms with E-state index < -0.39 is 47.9 Å². The number of rotatable bonds is 9. The number of para-hydroxylation sites is 2. The minimum atomic E-state index is -5.08. The number of ketones is 1. The van der Waals surface area contributed by atoms with Gasteiger partial charge in [-0.05, 0) is 74.1 Å². The van der Waals surface area contributed by atoms with Crippen LogP contribution in [0.25, 0.3) is 10.8 Å². The van der Waals surface area contributed by atoms with Gasteiger partial charge in [0, 0.05) is 22.3 Å². The van der Waals surface area contributed by atoms with Crippen LogP contribution in [0, 0.1) is 0 Å². The van der Waals surface area contributed by atoms with Crippen molar-refractivity contribution in [2.75, 3.05) is 30.5 Å². The maximum atomic E-state index is 14.5. The Hall–Kier alpha value is -6.33. The molecule has 0 saturated carbocycles. The molecule has 1 aliphatic rings. The standard InChI is InChI=1S/C35H35N5O7.C2HF3O2/c1-20(36-3)32(42)37-28-19-40(34(44)23-11-9-22(10-12-23)21(2)41)30-8-6-5-7-29(30)39(35(28)45)18-27-26-15-13-25(33(43)38-46)17-24(26)14-16-31(27)47-4;3-2(4,5)1(6)7/h5-17,20,28,36,46H,18-19H2,1-4H3,(H,37,42)(H,38,43);(H,6,7). The molecule has 1 heterocycles. The van der Waals surface area contributed by atoms with E-state index in [0.29, 0.717) is 44.6 Å². The molecule has 2 atom stereocenters. The molecule has 0 aliphatic carbocycles. The maximum absolute atomic E-state index is 14.5. The molecule has 0 spiro atoms. The summed E-state index contributed by atoms with van der Waals surface area (Å²) in [5, 5.41) is 23.3. The lowest BCUT2D eigenvalue weighted by molar-refractivity contribution is -0.192. The summed E-state index contributed by atoms with van der Waals surface area (Å²) >= 11 is 0. The van der Waals surface area contributed by atoms with Gasteiger partial charge in [0.1, 0.15) is 11.8 Å². The van der Waals surface area contributed by atoms with Gasteiger partial charge in [0.25, 0.3) is 17.7 Å². The largest absolute Gasteiger partial charge is 0.496 e. The highest BCUT2D eigenvalue weighted by Crippen LogP contribution is 2.38. The van der Waals surface area contributed by atoms with Crippen LogP contribution in [0.3, 0.4) is 0 Å². The number of amides is 4. The van der Waals surface area contributed by atoms with Crippen molar-refractivity contribution in [2.24, 2.45) is 0 Å². The third kappa shape index (κ3) is 8.99. The summed E-state index contributed by atoms with van der Waals surface area (Å²) in [6.07, 6.45) is -5.08. The topological polar surface area (TPSA) is 195 Å². The summed E-state index contributed by atoms with van der Waals surface area (Å²) in [5.41, 5.74) is 4.13. The number of alkyl halides is 3. The van der Waals surface area contributed by atoms with E-state index in [1.165, 1.54) is 23.8 Å². The summed E-state index contributed by atoms with van der Waals surface area (Å²) in [6.45, 7) is 2.94. The highest BCUT2D eigenvalue weighted by molar-refractivity contribution is 6.13. The van der Waals surface area contributed by atoms with E-state index in [2.05, 4.69) is 10.6 Å². The monoisotopic (exact) mass is 751 g/mol. The number of hydrogen-bond donors (Lipinski definition) is 5. The number of benzene rings is 4. The van der Waals surface area contributed by atoms with Gasteiger partial charge in [-0.25, -0.2) is 10.3 Å². The Morgan fingerprint density at radius 2 is 1.52 bits per heavy atom. The Kier molecular flexibility index (Phi) is 12.7. The predicted molar refractivity (Wildman–Crippen MR) is 190 cm³/mol. The molecule has 0 bridgehead atoms. The molecule has 0 aromatic heterocycles. The van der Waals surface area contributed by atoms with Gasteiger partial charge in [-0.1, -0.05) is 36.4 Å². The van der Waals surface area contributed by atoms with Gasteiger partial charge in [-0.3, -0.25) is 29.2 Å². The van der Waals surface area contributed by atoms with Crippen molar-refractivity contribution < 1.29 is 57.0 Å². The molecule has 54 heavy (non-hydrogen) atoms. The van der Waals surface area contributed by atoms with Crippen LogP contribution < -0.4 is 30.7 Å². The van der Waals surface area contributed by atoms with Crippen LogP contribution in [0.15, 0.2) is 78.9 Å². The van der Waals surface area contributed by atoms with Crippen LogP contribution in [-0.2, 0) is 20.9 Å². The average molecular weight is 752 g/mol. The van der Waals surface area contributed by atoms with Crippen LogP contribution in [0.2, 0.25) is 0 Å². The van der Waals surface area contributed by atoms with E-state index in [0.717, 1.165) is 0 Å². The van der Waals surface area contributed by atoms with Crippen molar-refractivity contribution in [1.82, 2.24) is 16.1 Å². The number of carbonyl (C=O) groups is 6. The molecule has 5 N–H and O–H groups in total. The third-order valence-corrected chi connectivity index (χ3v) is 8.55. The minimum Gasteiger partial charge on any atom is -0.496 e. The molecule has 2 unspecified atom stereocenters. The van der Waals surface area contributed by atoms with Crippen molar-refractivity contribution in [1.29, 1.82) is 0 Å². The first-order chi connectivity index (χ1) is 25.5. The Morgan fingerprint density at radius 3 is 2.07 bits per heavy atom. The SMILES string of the molecule is CNC(C)C(=O)NC1CN(C(=O)c2ccc(C(C)=O)cc2)c2ccccc2N(Cc2c(OC)ccc3cc(C(=O)NO)ccc23)C1=O.O=C(O)C(F)(F)F. The lowest BCUT2D eigenvalue weighted by Gasteiger charge is -2.27. The number of nitrogens with zero attached hydrogens (tertiary/aromatic N) is 2. The minimum absolute atomic E-state index is 0.00874. The zero-order chi connectivity index (χ0) is 39.9. The molecule has 0 saturated heterocycles. The summed E-state index contributed by atoms with van der Waals surface area (Å²) in [6, 6.07) is 19.9. The van der Waals surface area contributed by atoms with Gasteiger partial charge in [0.2, 0.25) is 5.91 Å². The Morgan fingerprint density at radius 1 is 0.926 bits per heavy atom. The third-order valence-electron chi connectivity index (χ3n) is 8.55. The number of anilines is 2. The number of halogens is 3. The number of likely N-dealkylation sites (N-methyl/N-ethyl adjacent to an activating group) is 1. The molecule has 5 rings (SSSR count). The summed E-state index contributed by atoms with van der Waals surface area (Å²) < 4.78 is 37.4. The highest BCUT2D eigenvalue weighted by atomic mass is 19.4. The molecule has 17 heteroatoms. The number of hydroxylamine groups is 1. The van der Waals surface area contributed by atoms with Gasteiger partial charge in [-0.15, -0.1) is 0 Å². The van der Waals surface area contributed by atoms with Gasteiger partial charge in [-0.2, -0.15) is 13.2 Å². The first-order valence-electron chi connectivity index (χ1n) is 16.2. The fourth-order valence-electron chi connectivity index (χ4n) is 5.57. The molecular formula is C37H36F3N5O9. The lowest BCUT2D eigenvalue weighted by atomic mass is 10.00. The highest BCUT2D eigenvalue weighted by Gasteiger charge is 2.39. The van der Waals surface area contributed by atoms with Gasteiger partial charge < -0.3 is 30.3 Å². The molecule has 4 amide bonds. The summed E-state index contributed by atoms with van der Waals surface area (Å²) in [5.74, 6) is -4.37. The maximum Gasteiger partial charge on any atom is 0.490 e. The first kappa shape index (κ1) is 40.4. The van der Waals surface area contributed by atoms with Gasteiger partial charge >= 0.3 is 12.1 Å². The molecule has 4 aromatic carbocycles. The Balaban J connectivity index is 0.000000845. The van der Waals surface area contributed by atoms with Crippen molar-refractivity contribution in [3.05, 3.63) is 101 Å². The fraction of sp³-hybridized carbons (Fsp3) is 0.243. The Bertz CT molecular complexity index is 2090. The van der Waals surface area contributed by atoms with E-state index in [9.17, 15) is 37.1 Å². The van der Waals surface area contributed by atoms with Gasteiger partial charge in [0.15, 0.2) is 5.78 Å². The van der Waals surface area contributed by atoms with Crippen LogP contribution >= 0.6 is 0 Å². The van der Waals surface area contributed by atoms with E-state index >= 15 is 0 Å². The second-order valence-corrected chi connectivity index (χ2v) is 12.0. The lowest BCUT2D eigenvalue weighted by Crippen LogP contribution is -2.55. The normalized spacial score (nSPS) is 14.5. The number of hydrogen-bond acceptors (Lipinski definition) is 9. The quantitative estimate of drug-likeness (QED) is 0.0945. The number of carbonyl (C=O) groups excluding carboxylic acids is 5. The number of carboxylic acid groups (broad SMARTS) is 1. The zero-order valence-corrected chi connectivity index (χ0v) is 29.4. The number of ether oxygens (including phenoxy) is 1. The molecule has 14 nitrogen and oxygen atoms in total. The van der Waals surface area contributed by atoms with E-state index in [4.69, 9.17) is 19.8 Å². The van der Waals surface area contributed by atoms with Crippen LogP contribution in [0.1, 0.15) is 50.5 Å². The van der Waals surface area contributed by atoms with E-state index in [1.54, 1.807) is 98.3 Å². The number of carboxylic acids is 1. The van der Waals surface area contributed by atoms with Crippen molar-refractivity contribution in [3.8, 4) is 5.75 Å². The van der Waals surface area contributed by atoms with E-state index in [-0.39, 0.29) is 24.4 Å². The number of fused-ring (bicyclic) bond motifs is 2. The molecule has 0 fully saturated rings. The summed E-state index contributed by atoms with van der Waals surface area (Å²) in [7, 11) is 3.14. The smallest absolute Gasteiger partial charge is 0.490 e. The average Bonchev–Trinajstić information content (AvgIpc) is 3.27. The van der Waals surface area contributed by atoms with Crippen molar-refractivity contribution >= 4 is 57.5 Å². The first-order valence-corrected chi connectivity index (χ1v) is 16.2. The number of Topliss-reactive ketones (excluding diaryl/α,β-unsaturated/α-hetero) is 1. The second-order valence-electron chi connectivity index (χ2n) is 12.0. The Labute approximate surface area is 306 Å².